The van der Waals surface area contributed by atoms with Crippen LogP contribution in [0.4, 0.5) is 13.2 Å². The summed E-state index contributed by atoms with van der Waals surface area (Å²) in [5.41, 5.74) is 0. The van der Waals surface area contributed by atoms with Gasteiger partial charge in [0.15, 0.2) is 0 Å². The summed E-state index contributed by atoms with van der Waals surface area (Å²) in [5.74, 6) is -1.11. The van der Waals surface area contributed by atoms with E-state index in [0.717, 1.165) is 12.4 Å². The third-order valence-electron chi connectivity index (χ3n) is 2.58. The smallest absolute Gasteiger partial charge is 0.475 e. The van der Waals surface area contributed by atoms with E-state index in [1.807, 2.05) is 11.6 Å². The molecule has 1 aliphatic rings. The molecule has 0 amide bonds. The molecular formula is C9H13F3N4O2. The molecule has 9 heteroatoms. The van der Waals surface area contributed by atoms with E-state index in [0.29, 0.717) is 12.0 Å². The molecule has 0 aliphatic carbocycles. The first-order chi connectivity index (χ1) is 8.23. The van der Waals surface area contributed by atoms with Crippen molar-refractivity contribution < 1.29 is 23.1 Å². The molecule has 0 bridgehead atoms. The molecule has 2 rings (SSSR count). The molecule has 1 aromatic rings. The molecule has 18 heavy (non-hydrogen) atoms. The Bertz CT molecular complexity index is 418. The molecule has 2 N–H and O–H groups in total. The maximum Gasteiger partial charge on any atom is 0.490 e. The van der Waals surface area contributed by atoms with Crippen LogP contribution in [0.25, 0.3) is 0 Å². The first-order valence-corrected chi connectivity index (χ1v) is 5.11. The fourth-order valence-corrected chi connectivity index (χ4v) is 1.41. The van der Waals surface area contributed by atoms with Crippen molar-refractivity contribution in [2.75, 3.05) is 6.54 Å². The summed E-state index contributed by atoms with van der Waals surface area (Å²) in [6.07, 6.45) is -3.33. The van der Waals surface area contributed by atoms with Gasteiger partial charge in [-0.1, -0.05) is 0 Å². The zero-order chi connectivity index (χ0) is 13.9. The monoisotopic (exact) mass is 266 g/mol. The molecule has 0 saturated carbocycles. The highest BCUT2D eigenvalue weighted by atomic mass is 19.4. The van der Waals surface area contributed by atoms with Gasteiger partial charge >= 0.3 is 12.1 Å². The van der Waals surface area contributed by atoms with Crippen LogP contribution in [0.5, 0.6) is 0 Å². The van der Waals surface area contributed by atoms with Crippen molar-refractivity contribution in [2.45, 2.75) is 25.1 Å². The zero-order valence-electron chi connectivity index (χ0n) is 9.77. The summed E-state index contributed by atoms with van der Waals surface area (Å²) in [4.78, 5) is 8.90. The van der Waals surface area contributed by atoms with Gasteiger partial charge in [-0.15, -0.1) is 10.2 Å². The van der Waals surface area contributed by atoms with E-state index in [1.54, 1.807) is 6.33 Å². The Kier molecular flexibility index (Phi) is 4.28. The number of hydrogen-bond donors (Lipinski definition) is 2. The van der Waals surface area contributed by atoms with Crippen molar-refractivity contribution in [1.29, 1.82) is 0 Å². The van der Waals surface area contributed by atoms with Crippen molar-refractivity contribution in [1.82, 2.24) is 20.1 Å². The Labute approximate surface area is 101 Å². The normalized spacial score (nSPS) is 22.7. The summed E-state index contributed by atoms with van der Waals surface area (Å²) in [6.45, 7) is 3.20. The van der Waals surface area contributed by atoms with Gasteiger partial charge in [-0.05, 0) is 6.92 Å². The van der Waals surface area contributed by atoms with Gasteiger partial charge in [0, 0.05) is 25.6 Å². The average Bonchev–Trinajstić information content (AvgIpc) is 2.62. The van der Waals surface area contributed by atoms with Crippen molar-refractivity contribution in [3.8, 4) is 0 Å². The molecule has 1 aromatic heterocycles. The minimum atomic E-state index is -5.08. The Morgan fingerprint density at radius 2 is 2.17 bits per heavy atom. The number of rotatable bonds is 1. The number of carboxylic acid groups (broad SMARTS) is 1. The molecule has 6 nitrogen and oxygen atoms in total. The molecule has 1 aliphatic heterocycles. The Hall–Kier alpha value is -1.64. The number of carboxylic acids is 1. The molecule has 0 unspecified atom stereocenters. The van der Waals surface area contributed by atoms with Gasteiger partial charge < -0.3 is 15.0 Å². The van der Waals surface area contributed by atoms with E-state index < -0.39 is 12.1 Å². The molecule has 1 saturated heterocycles. The van der Waals surface area contributed by atoms with Crippen LogP contribution in [0, 0.1) is 0 Å². The van der Waals surface area contributed by atoms with Gasteiger partial charge in [0.05, 0.1) is 0 Å². The van der Waals surface area contributed by atoms with Gasteiger partial charge in [-0.25, -0.2) is 4.79 Å². The van der Waals surface area contributed by atoms with E-state index in [1.165, 1.54) is 0 Å². The SMILES string of the molecule is C[C@@H]1NC[C@H]1c1nncn1C.O=C(O)C(F)(F)F. The van der Waals surface area contributed by atoms with E-state index in [-0.39, 0.29) is 0 Å². The number of nitrogens with zero attached hydrogens (tertiary/aromatic N) is 3. The summed E-state index contributed by atoms with van der Waals surface area (Å²) in [5, 5.41) is 18.3. The topological polar surface area (TPSA) is 80.0 Å². The second kappa shape index (κ2) is 5.34. The molecule has 1 fully saturated rings. The zero-order valence-corrected chi connectivity index (χ0v) is 9.77. The third-order valence-corrected chi connectivity index (χ3v) is 2.58. The summed E-state index contributed by atoms with van der Waals surface area (Å²) >= 11 is 0. The van der Waals surface area contributed by atoms with Crippen LogP contribution in [0.3, 0.4) is 0 Å². The van der Waals surface area contributed by atoms with Crippen LogP contribution in [0.15, 0.2) is 6.33 Å². The molecule has 102 valence electrons. The van der Waals surface area contributed by atoms with Crippen molar-refractivity contribution in [2.24, 2.45) is 7.05 Å². The first-order valence-electron chi connectivity index (χ1n) is 5.11. The number of aryl methyl sites for hydroxylation is 1. The van der Waals surface area contributed by atoms with E-state index in [9.17, 15) is 13.2 Å². The van der Waals surface area contributed by atoms with Crippen molar-refractivity contribution in [3.63, 3.8) is 0 Å². The van der Waals surface area contributed by atoms with Crippen LogP contribution in [0.2, 0.25) is 0 Å². The van der Waals surface area contributed by atoms with Crippen LogP contribution in [0.1, 0.15) is 18.7 Å². The first kappa shape index (κ1) is 14.4. The van der Waals surface area contributed by atoms with Crippen molar-refractivity contribution >= 4 is 5.97 Å². The third kappa shape index (κ3) is 3.42. The molecule has 0 aromatic carbocycles. The molecule has 0 radical (unpaired) electrons. The highest BCUT2D eigenvalue weighted by Gasteiger charge is 2.38. The van der Waals surface area contributed by atoms with Crippen LogP contribution in [-0.2, 0) is 11.8 Å². The fraction of sp³-hybridized carbons (Fsp3) is 0.667. The van der Waals surface area contributed by atoms with Crippen LogP contribution < -0.4 is 5.32 Å². The second-order valence-corrected chi connectivity index (χ2v) is 3.91. The number of hydrogen-bond acceptors (Lipinski definition) is 4. The summed E-state index contributed by atoms with van der Waals surface area (Å²) in [6, 6.07) is 0.554. The lowest BCUT2D eigenvalue weighted by Crippen LogP contribution is -2.49. The summed E-state index contributed by atoms with van der Waals surface area (Å²) in [7, 11) is 1.99. The Morgan fingerprint density at radius 3 is 2.39 bits per heavy atom. The molecule has 2 atom stereocenters. The minimum Gasteiger partial charge on any atom is -0.475 e. The lowest BCUT2D eigenvalue weighted by Gasteiger charge is -2.34. The lowest BCUT2D eigenvalue weighted by atomic mass is 9.92. The number of aliphatic carboxylic acids is 1. The number of alkyl halides is 3. The molecule has 2 heterocycles. The minimum absolute atomic E-state index is 0.554. The van der Waals surface area contributed by atoms with Gasteiger partial charge in [0.1, 0.15) is 12.2 Å². The predicted octanol–water partition coefficient (Wildman–Crippen LogP) is 0.524. The Balaban J connectivity index is 0.000000203. The van der Waals surface area contributed by atoms with E-state index in [4.69, 9.17) is 9.90 Å². The number of carbonyl (C=O) groups is 1. The fourth-order valence-electron chi connectivity index (χ4n) is 1.41. The predicted molar refractivity (Wildman–Crippen MR) is 54.9 cm³/mol. The van der Waals surface area contributed by atoms with Gasteiger partial charge in [-0.3, -0.25) is 0 Å². The number of halogens is 3. The van der Waals surface area contributed by atoms with Gasteiger partial charge in [0.25, 0.3) is 0 Å². The molecule has 0 spiro atoms. The van der Waals surface area contributed by atoms with Gasteiger partial charge in [-0.2, -0.15) is 13.2 Å². The highest BCUT2D eigenvalue weighted by molar-refractivity contribution is 5.73. The highest BCUT2D eigenvalue weighted by Crippen LogP contribution is 2.22. The summed E-state index contributed by atoms with van der Waals surface area (Å²) < 4.78 is 33.7. The molecular weight excluding hydrogens is 253 g/mol. The van der Waals surface area contributed by atoms with E-state index >= 15 is 0 Å². The van der Waals surface area contributed by atoms with Crippen LogP contribution >= 0.6 is 0 Å². The maximum atomic E-state index is 10.6. The lowest BCUT2D eigenvalue weighted by molar-refractivity contribution is -0.192. The quantitative estimate of drug-likeness (QED) is 0.774. The average molecular weight is 266 g/mol. The maximum absolute atomic E-state index is 10.6. The number of nitrogens with one attached hydrogen (secondary N) is 1. The standard InChI is InChI=1S/C7H12N4.C2HF3O2/c1-5-6(3-8-5)7-10-9-4-11(7)2;3-2(4,5)1(6)7/h4-6,8H,3H2,1-2H3;(H,6,7)/t5-,6+;/m0./s1. The largest absolute Gasteiger partial charge is 0.490 e. The second-order valence-electron chi connectivity index (χ2n) is 3.91. The van der Waals surface area contributed by atoms with Crippen LogP contribution in [-0.4, -0.2) is 44.6 Å². The number of aromatic nitrogens is 3. The Morgan fingerprint density at radius 1 is 1.61 bits per heavy atom. The van der Waals surface area contributed by atoms with E-state index in [2.05, 4.69) is 22.4 Å². The van der Waals surface area contributed by atoms with Crippen molar-refractivity contribution in [3.05, 3.63) is 12.2 Å². The van der Waals surface area contributed by atoms with Gasteiger partial charge in [0.2, 0.25) is 0 Å².